The predicted molar refractivity (Wildman–Crippen MR) is 101 cm³/mol. The quantitative estimate of drug-likeness (QED) is 0.750. The normalized spacial score (nSPS) is 16.8. The van der Waals surface area contributed by atoms with Crippen LogP contribution in [0, 0.1) is 0 Å². The smallest absolute Gasteiger partial charge is 0.264 e. The Labute approximate surface area is 151 Å². The van der Waals surface area contributed by atoms with E-state index in [2.05, 4.69) is 0 Å². The van der Waals surface area contributed by atoms with Crippen LogP contribution in [-0.2, 0) is 4.79 Å². The molecule has 1 heterocycles. The molecule has 2 aromatic rings. The van der Waals surface area contributed by atoms with Gasteiger partial charge in [0.2, 0.25) is 0 Å². The topological polar surface area (TPSA) is 29.5 Å². The van der Waals surface area contributed by atoms with Crippen LogP contribution in [0.25, 0.3) is 0 Å². The first kappa shape index (κ1) is 17.2. The zero-order chi connectivity index (χ0) is 16.8. The minimum atomic E-state index is -0.0336. The molecule has 0 radical (unpaired) electrons. The fourth-order valence-corrected chi connectivity index (χ4v) is 4.17. The number of thioether (sulfide) groups is 1. The first-order chi connectivity index (χ1) is 11.7. The Balaban J connectivity index is 1.68. The molecule has 5 heteroatoms. The molecule has 126 valence electrons. The highest BCUT2D eigenvalue weighted by molar-refractivity contribution is 8.00. The second-order valence-electron chi connectivity index (χ2n) is 5.72. The molecule has 1 aliphatic heterocycles. The number of para-hydroxylation sites is 1. The number of halogens is 1. The van der Waals surface area contributed by atoms with Gasteiger partial charge in [-0.1, -0.05) is 35.9 Å². The van der Waals surface area contributed by atoms with E-state index in [4.69, 9.17) is 16.3 Å². The van der Waals surface area contributed by atoms with E-state index in [0.29, 0.717) is 16.0 Å². The van der Waals surface area contributed by atoms with Crippen molar-refractivity contribution in [1.29, 1.82) is 0 Å². The molecule has 1 fully saturated rings. The molecule has 2 aromatic carbocycles. The first-order valence-electron chi connectivity index (χ1n) is 8.08. The lowest BCUT2D eigenvalue weighted by Gasteiger charge is -2.25. The number of nitrogens with zero attached hydrogens (tertiary/aromatic N) is 1. The minimum absolute atomic E-state index is 0.00657. The summed E-state index contributed by atoms with van der Waals surface area (Å²) in [4.78, 5) is 14.6. The van der Waals surface area contributed by atoms with Gasteiger partial charge in [0.05, 0.1) is 0 Å². The van der Waals surface area contributed by atoms with Crippen LogP contribution in [0.3, 0.4) is 0 Å². The zero-order valence-corrected chi connectivity index (χ0v) is 14.9. The predicted octanol–water partition coefficient (Wildman–Crippen LogP) is 4.65. The number of benzene rings is 2. The highest BCUT2D eigenvalue weighted by Crippen LogP contribution is 2.28. The van der Waals surface area contributed by atoms with Crippen molar-refractivity contribution in [2.75, 3.05) is 23.8 Å². The van der Waals surface area contributed by atoms with Crippen LogP contribution >= 0.6 is 23.4 Å². The molecule has 1 unspecified atom stereocenters. The van der Waals surface area contributed by atoms with Gasteiger partial charge in [0, 0.05) is 22.5 Å². The molecule has 0 aliphatic carbocycles. The van der Waals surface area contributed by atoms with Crippen molar-refractivity contribution < 1.29 is 9.53 Å². The highest BCUT2D eigenvalue weighted by atomic mass is 35.5. The van der Waals surface area contributed by atoms with Crippen LogP contribution in [-0.4, -0.2) is 30.1 Å². The van der Waals surface area contributed by atoms with E-state index in [1.165, 1.54) is 12.2 Å². The maximum Gasteiger partial charge on any atom is 0.264 e. The van der Waals surface area contributed by atoms with Crippen molar-refractivity contribution >= 4 is 35.0 Å². The average Bonchev–Trinajstić information content (AvgIpc) is 3.12. The lowest BCUT2D eigenvalue weighted by atomic mass is 10.2. The molecule has 1 saturated heterocycles. The molecule has 3 rings (SSSR count). The molecule has 24 heavy (non-hydrogen) atoms. The Hall–Kier alpha value is -1.65. The Morgan fingerprint density at radius 1 is 1.21 bits per heavy atom. The number of carbonyl (C=O) groups is 1. The van der Waals surface area contributed by atoms with Gasteiger partial charge in [-0.3, -0.25) is 4.79 Å². The van der Waals surface area contributed by atoms with Crippen molar-refractivity contribution in [1.82, 2.24) is 0 Å². The summed E-state index contributed by atoms with van der Waals surface area (Å²) >= 11 is 7.90. The number of hydrogen-bond acceptors (Lipinski definition) is 3. The lowest BCUT2D eigenvalue weighted by Crippen LogP contribution is -2.39. The van der Waals surface area contributed by atoms with Gasteiger partial charge in [-0.2, -0.15) is 11.8 Å². The summed E-state index contributed by atoms with van der Waals surface area (Å²) in [6, 6.07) is 16.9. The largest absolute Gasteiger partial charge is 0.484 e. The summed E-state index contributed by atoms with van der Waals surface area (Å²) in [6.45, 7) is 0.735. The molecule has 1 atom stereocenters. The summed E-state index contributed by atoms with van der Waals surface area (Å²) in [7, 11) is 0. The van der Waals surface area contributed by atoms with E-state index < -0.39 is 0 Å². The van der Waals surface area contributed by atoms with Crippen LogP contribution in [0.5, 0.6) is 5.75 Å². The second kappa shape index (κ2) is 8.45. The molecule has 0 N–H and O–H groups in total. The van der Waals surface area contributed by atoms with Crippen molar-refractivity contribution in [3.63, 3.8) is 0 Å². The third kappa shape index (κ3) is 4.68. The number of anilines is 1. The van der Waals surface area contributed by atoms with Gasteiger partial charge in [-0.25, -0.2) is 0 Å². The van der Waals surface area contributed by atoms with Gasteiger partial charge in [-0.15, -0.1) is 0 Å². The summed E-state index contributed by atoms with van der Waals surface area (Å²) in [5.41, 5.74) is 0.921. The Kier molecular flexibility index (Phi) is 6.05. The Morgan fingerprint density at radius 3 is 2.75 bits per heavy atom. The fraction of sp³-hybridized carbons (Fsp3) is 0.316. The summed E-state index contributed by atoms with van der Waals surface area (Å²) in [5, 5.41) is 1.10. The maximum atomic E-state index is 12.7. The molecule has 3 nitrogen and oxygen atoms in total. The van der Waals surface area contributed by atoms with E-state index in [9.17, 15) is 4.79 Å². The van der Waals surface area contributed by atoms with Gasteiger partial charge in [-0.05, 0) is 48.9 Å². The van der Waals surface area contributed by atoms with Crippen LogP contribution in [0.15, 0.2) is 54.6 Å². The molecule has 0 aromatic heterocycles. The Morgan fingerprint density at radius 2 is 2.04 bits per heavy atom. The average molecular weight is 362 g/mol. The molecule has 1 aliphatic rings. The number of ether oxygens (including phenoxy) is 1. The van der Waals surface area contributed by atoms with E-state index >= 15 is 0 Å². The molecule has 0 spiro atoms. The third-order valence-electron chi connectivity index (χ3n) is 3.94. The van der Waals surface area contributed by atoms with Crippen molar-refractivity contribution in [2.45, 2.75) is 18.1 Å². The standard InChI is InChI=1S/C19H20ClNO2S/c20-15-6-4-9-17(12-15)23-14-19(22)21(13-18-10-5-11-24-18)16-7-2-1-3-8-16/h1-4,6-9,12,18H,5,10-11,13-14H2. The summed E-state index contributed by atoms with van der Waals surface area (Å²) in [6.07, 6.45) is 2.39. The van der Waals surface area contributed by atoms with E-state index in [-0.39, 0.29) is 12.5 Å². The van der Waals surface area contributed by atoms with Crippen molar-refractivity contribution in [3.8, 4) is 5.75 Å². The van der Waals surface area contributed by atoms with E-state index in [1.807, 2.05) is 53.1 Å². The monoisotopic (exact) mass is 361 g/mol. The number of carbonyl (C=O) groups excluding carboxylic acids is 1. The van der Waals surface area contributed by atoms with E-state index in [1.54, 1.807) is 18.2 Å². The second-order valence-corrected chi connectivity index (χ2v) is 7.57. The lowest BCUT2D eigenvalue weighted by molar-refractivity contribution is -0.120. The molecular formula is C19H20ClNO2S. The van der Waals surface area contributed by atoms with Gasteiger partial charge in [0.25, 0.3) is 5.91 Å². The van der Waals surface area contributed by atoms with Gasteiger partial charge >= 0.3 is 0 Å². The SMILES string of the molecule is O=C(COc1cccc(Cl)c1)N(CC1CCCS1)c1ccccc1. The van der Waals surface area contributed by atoms with Crippen molar-refractivity contribution in [2.24, 2.45) is 0 Å². The Bertz CT molecular complexity index is 674. The van der Waals surface area contributed by atoms with Crippen LogP contribution in [0.1, 0.15) is 12.8 Å². The van der Waals surface area contributed by atoms with Crippen molar-refractivity contribution in [3.05, 3.63) is 59.6 Å². The number of rotatable bonds is 6. The van der Waals surface area contributed by atoms with Crippen LogP contribution in [0.4, 0.5) is 5.69 Å². The highest BCUT2D eigenvalue weighted by Gasteiger charge is 2.23. The molecule has 0 saturated carbocycles. The zero-order valence-electron chi connectivity index (χ0n) is 13.4. The summed E-state index contributed by atoms with van der Waals surface area (Å²) in [5.74, 6) is 1.76. The maximum absolute atomic E-state index is 12.7. The van der Waals surface area contributed by atoms with Crippen LogP contribution < -0.4 is 9.64 Å². The fourth-order valence-electron chi connectivity index (χ4n) is 2.73. The van der Waals surface area contributed by atoms with Gasteiger partial charge in [0.1, 0.15) is 5.75 Å². The molecule has 0 bridgehead atoms. The van der Waals surface area contributed by atoms with E-state index in [0.717, 1.165) is 18.7 Å². The summed E-state index contributed by atoms with van der Waals surface area (Å²) < 4.78 is 5.63. The molecular weight excluding hydrogens is 342 g/mol. The van der Waals surface area contributed by atoms with Crippen LogP contribution in [0.2, 0.25) is 5.02 Å². The number of hydrogen-bond donors (Lipinski definition) is 0. The third-order valence-corrected chi connectivity index (χ3v) is 5.55. The van der Waals surface area contributed by atoms with Gasteiger partial charge in [0.15, 0.2) is 6.61 Å². The first-order valence-corrected chi connectivity index (χ1v) is 9.50. The minimum Gasteiger partial charge on any atom is -0.484 e. The van der Waals surface area contributed by atoms with Gasteiger partial charge < -0.3 is 9.64 Å². The number of amides is 1. The molecule has 1 amide bonds.